The highest BCUT2D eigenvalue weighted by molar-refractivity contribution is 7.13. The van der Waals surface area contributed by atoms with E-state index in [1.807, 2.05) is 28.5 Å². The molecule has 0 spiro atoms. The molecule has 8 heteroatoms. The summed E-state index contributed by atoms with van der Waals surface area (Å²) >= 11 is 1.61. The SMILES string of the molecule is O=C(c1cc(-c2cccs2)[nH]n1)N1CCC(Oc2ncccn2)CC1. The molecule has 0 bridgehead atoms. The summed E-state index contributed by atoms with van der Waals surface area (Å²) in [6.07, 6.45) is 4.86. The van der Waals surface area contributed by atoms with Crippen molar-refractivity contribution in [3.8, 4) is 16.6 Å². The van der Waals surface area contributed by atoms with Crippen molar-refractivity contribution in [1.82, 2.24) is 25.1 Å². The van der Waals surface area contributed by atoms with E-state index in [-0.39, 0.29) is 12.0 Å². The van der Waals surface area contributed by atoms with Crippen molar-refractivity contribution in [3.05, 3.63) is 47.7 Å². The van der Waals surface area contributed by atoms with E-state index in [4.69, 9.17) is 4.74 Å². The van der Waals surface area contributed by atoms with Crippen molar-refractivity contribution in [2.75, 3.05) is 13.1 Å². The van der Waals surface area contributed by atoms with Gasteiger partial charge in [0.15, 0.2) is 5.69 Å². The van der Waals surface area contributed by atoms with E-state index in [9.17, 15) is 4.79 Å². The molecule has 128 valence electrons. The Morgan fingerprint density at radius 3 is 2.76 bits per heavy atom. The molecule has 0 radical (unpaired) electrons. The number of likely N-dealkylation sites (tertiary alicyclic amines) is 1. The molecule has 0 unspecified atom stereocenters. The molecule has 25 heavy (non-hydrogen) atoms. The first-order valence-corrected chi connectivity index (χ1v) is 9.00. The molecule has 1 N–H and O–H groups in total. The first-order valence-electron chi connectivity index (χ1n) is 8.12. The van der Waals surface area contributed by atoms with Crippen LogP contribution in [0.5, 0.6) is 6.01 Å². The highest BCUT2D eigenvalue weighted by Gasteiger charge is 2.26. The van der Waals surface area contributed by atoms with Gasteiger partial charge in [-0.3, -0.25) is 9.89 Å². The zero-order valence-electron chi connectivity index (χ0n) is 13.5. The number of hydrogen-bond donors (Lipinski definition) is 1. The van der Waals surface area contributed by atoms with Gasteiger partial charge in [0.25, 0.3) is 5.91 Å². The average molecular weight is 355 g/mol. The van der Waals surface area contributed by atoms with Crippen LogP contribution in [0.3, 0.4) is 0 Å². The minimum absolute atomic E-state index is 0.0345. The lowest BCUT2D eigenvalue weighted by Crippen LogP contribution is -2.42. The van der Waals surface area contributed by atoms with Crippen LogP contribution in [0.15, 0.2) is 42.0 Å². The first kappa shape index (κ1) is 15.8. The van der Waals surface area contributed by atoms with E-state index >= 15 is 0 Å². The summed E-state index contributed by atoms with van der Waals surface area (Å²) in [7, 11) is 0. The van der Waals surface area contributed by atoms with Crippen molar-refractivity contribution < 1.29 is 9.53 Å². The van der Waals surface area contributed by atoms with Gasteiger partial charge < -0.3 is 9.64 Å². The fourth-order valence-electron chi connectivity index (χ4n) is 2.82. The predicted molar refractivity (Wildman–Crippen MR) is 93.5 cm³/mol. The molecule has 0 atom stereocenters. The van der Waals surface area contributed by atoms with Gasteiger partial charge in [-0.25, -0.2) is 9.97 Å². The third-order valence-electron chi connectivity index (χ3n) is 4.13. The standard InChI is InChI=1S/C17H17N5O2S/c23-16(14-11-13(20-21-14)15-3-1-10-25-15)22-8-4-12(5-9-22)24-17-18-6-2-7-19-17/h1-3,6-7,10-12H,4-5,8-9H2,(H,20,21). The Kier molecular flexibility index (Phi) is 4.43. The minimum atomic E-state index is -0.0477. The zero-order chi connectivity index (χ0) is 17.1. The van der Waals surface area contributed by atoms with E-state index in [1.54, 1.807) is 29.8 Å². The van der Waals surface area contributed by atoms with Gasteiger partial charge >= 0.3 is 6.01 Å². The maximum atomic E-state index is 12.6. The number of thiophene rings is 1. The molecule has 3 aromatic heterocycles. The van der Waals surface area contributed by atoms with Crippen molar-refractivity contribution in [2.24, 2.45) is 0 Å². The Bertz CT molecular complexity index is 826. The van der Waals surface area contributed by atoms with Crippen LogP contribution in [0, 0.1) is 0 Å². The number of carbonyl (C=O) groups is 1. The first-order chi connectivity index (χ1) is 12.3. The second-order valence-electron chi connectivity index (χ2n) is 5.78. The largest absolute Gasteiger partial charge is 0.460 e. The maximum absolute atomic E-state index is 12.6. The number of piperidine rings is 1. The van der Waals surface area contributed by atoms with Crippen LogP contribution in [0.1, 0.15) is 23.3 Å². The van der Waals surface area contributed by atoms with E-state index in [0.29, 0.717) is 24.8 Å². The van der Waals surface area contributed by atoms with E-state index < -0.39 is 0 Å². The Morgan fingerprint density at radius 1 is 1.24 bits per heavy atom. The molecule has 3 aromatic rings. The highest BCUT2D eigenvalue weighted by Crippen LogP contribution is 2.24. The fraction of sp³-hybridized carbons (Fsp3) is 0.294. The Labute approximate surface area is 148 Å². The quantitative estimate of drug-likeness (QED) is 0.778. The molecule has 4 rings (SSSR count). The van der Waals surface area contributed by atoms with Gasteiger partial charge in [-0.05, 0) is 23.6 Å². The Morgan fingerprint density at radius 2 is 2.04 bits per heavy atom. The number of nitrogens with one attached hydrogen (secondary N) is 1. The number of H-pyrrole nitrogens is 1. The van der Waals surface area contributed by atoms with Crippen molar-refractivity contribution in [1.29, 1.82) is 0 Å². The molecular formula is C17H17N5O2S. The zero-order valence-corrected chi connectivity index (χ0v) is 14.3. The Hall–Kier alpha value is -2.74. The summed E-state index contributed by atoms with van der Waals surface area (Å²) in [5.41, 5.74) is 1.33. The van der Waals surface area contributed by atoms with Crippen LogP contribution in [-0.4, -0.2) is 50.2 Å². The summed E-state index contributed by atoms with van der Waals surface area (Å²) in [5.74, 6) is -0.0477. The summed E-state index contributed by atoms with van der Waals surface area (Å²) in [6.45, 7) is 1.27. The summed E-state index contributed by atoms with van der Waals surface area (Å²) < 4.78 is 5.76. The summed E-state index contributed by atoms with van der Waals surface area (Å²) in [6, 6.07) is 7.93. The number of aromatic nitrogens is 4. The molecule has 0 aromatic carbocycles. The topological polar surface area (TPSA) is 84.0 Å². The lowest BCUT2D eigenvalue weighted by molar-refractivity contribution is 0.0573. The van der Waals surface area contributed by atoms with Gasteiger partial charge in [-0.1, -0.05) is 6.07 Å². The Balaban J connectivity index is 1.35. The second-order valence-corrected chi connectivity index (χ2v) is 6.73. The number of aromatic amines is 1. The number of rotatable bonds is 4. The van der Waals surface area contributed by atoms with Crippen LogP contribution in [0.4, 0.5) is 0 Å². The van der Waals surface area contributed by atoms with Gasteiger partial charge in [0, 0.05) is 38.3 Å². The molecule has 0 aliphatic carbocycles. The van der Waals surface area contributed by atoms with Crippen LogP contribution >= 0.6 is 11.3 Å². The average Bonchev–Trinajstić information content (AvgIpc) is 3.34. The number of nitrogens with zero attached hydrogens (tertiary/aromatic N) is 4. The van der Waals surface area contributed by atoms with E-state index in [1.165, 1.54) is 0 Å². The van der Waals surface area contributed by atoms with Crippen LogP contribution in [0.25, 0.3) is 10.6 Å². The van der Waals surface area contributed by atoms with Crippen LogP contribution < -0.4 is 4.74 Å². The monoisotopic (exact) mass is 355 g/mol. The normalized spacial score (nSPS) is 15.3. The molecule has 1 amide bonds. The number of amides is 1. The second kappa shape index (κ2) is 7.02. The minimum Gasteiger partial charge on any atom is -0.460 e. The lowest BCUT2D eigenvalue weighted by atomic mass is 10.1. The third-order valence-corrected chi connectivity index (χ3v) is 5.03. The number of ether oxygens (including phenoxy) is 1. The molecule has 1 aliphatic heterocycles. The maximum Gasteiger partial charge on any atom is 0.316 e. The highest BCUT2D eigenvalue weighted by atomic mass is 32.1. The third kappa shape index (κ3) is 3.53. The smallest absolute Gasteiger partial charge is 0.316 e. The predicted octanol–water partition coefficient (Wildman–Crippen LogP) is 2.61. The number of hydrogen-bond acceptors (Lipinski definition) is 6. The molecule has 7 nitrogen and oxygen atoms in total. The van der Waals surface area contributed by atoms with E-state index in [0.717, 1.165) is 23.4 Å². The van der Waals surface area contributed by atoms with Crippen molar-refractivity contribution in [2.45, 2.75) is 18.9 Å². The molecule has 1 aliphatic rings. The van der Waals surface area contributed by atoms with Gasteiger partial charge in [0.1, 0.15) is 6.10 Å². The summed E-state index contributed by atoms with van der Waals surface area (Å²) in [4.78, 5) is 23.7. The van der Waals surface area contributed by atoms with Crippen molar-refractivity contribution >= 4 is 17.2 Å². The summed E-state index contributed by atoms with van der Waals surface area (Å²) in [5, 5.41) is 9.11. The molecule has 4 heterocycles. The number of carbonyl (C=O) groups excluding carboxylic acids is 1. The van der Waals surface area contributed by atoms with Gasteiger partial charge in [-0.15, -0.1) is 11.3 Å². The van der Waals surface area contributed by atoms with Gasteiger partial charge in [0.2, 0.25) is 0 Å². The molecular weight excluding hydrogens is 338 g/mol. The lowest BCUT2D eigenvalue weighted by Gasteiger charge is -2.31. The van der Waals surface area contributed by atoms with Gasteiger partial charge in [-0.2, -0.15) is 5.10 Å². The van der Waals surface area contributed by atoms with Crippen LogP contribution in [-0.2, 0) is 0 Å². The molecule has 1 saturated heterocycles. The van der Waals surface area contributed by atoms with Gasteiger partial charge in [0.05, 0.1) is 10.6 Å². The molecule has 1 fully saturated rings. The van der Waals surface area contributed by atoms with E-state index in [2.05, 4.69) is 20.2 Å². The van der Waals surface area contributed by atoms with Crippen molar-refractivity contribution in [3.63, 3.8) is 0 Å². The fourth-order valence-corrected chi connectivity index (χ4v) is 3.52. The molecule has 0 saturated carbocycles. The van der Waals surface area contributed by atoms with Crippen LogP contribution in [0.2, 0.25) is 0 Å².